The van der Waals surface area contributed by atoms with Crippen LogP contribution < -0.4 is 0 Å². The van der Waals surface area contributed by atoms with Crippen molar-refractivity contribution in [3.63, 3.8) is 0 Å². The summed E-state index contributed by atoms with van der Waals surface area (Å²) in [7, 11) is 0. The van der Waals surface area contributed by atoms with E-state index in [1.54, 1.807) is 0 Å². The molecule has 28 heavy (non-hydrogen) atoms. The van der Waals surface area contributed by atoms with Crippen molar-refractivity contribution in [1.29, 1.82) is 5.26 Å². The minimum atomic E-state index is 0.516. The minimum Gasteiger partial charge on any atom is -0.359 e. The van der Waals surface area contributed by atoms with E-state index in [1.807, 2.05) is 73.1 Å². The van der Waals surface area contributed by atoms with Gasteiger partial charge in [-0.15, -0.1) is 0 Å². The molecule has 138 valence electrons. The lowest BCUT2D eigenvalue weighted by Crippen LogP contribution is -2.03. The summed E-state index contributed by atoms with van der Waals surface area (Å²) >= 11 is 0. The number of aromatic nitrogens is 3. The second kappa shape index (κ2) is 7.16. The highest BCUT2D eigenvalue weighted by Crippen LogP contribution is 2.29. The van der Waals surface area contributed by atoms with Crippen LogP contribution in [0.5, 0.6) is 0 Å². The van der Waals surface area contributed by atoms with Crippen LogP contribution in [-0.2, 0) is 6.54 Å². The smallest absolute Gasteiger partial charge is 0.158 e. The summed E-state index contributed by atoms with van der Waals surface area (Å²) in [5, 5.41) is 18.0. The van der Waals surface area contributed by atoms with Gasteiger partial charge >= 0.3 is 0 Å². The van der Waals surface area contributed by atoms with Crippen LogP contribution in [0.1, 0.15) is 28.3 Å². The topological polar surface area (TPSA) is 67.6 Å². The summed E-state index contributed by atoms with van der Waals surface area (Å²) in [6.07, 6.45) is 0. The number of nitrogens with zero attached hydrogens (tertiary/aromatic N) is 4. The number of nitriles is 1. The molecule has 0 bridgehead atoms. The third-order valence-corrected chi connectivity index (χ3v) is 4.95. The molecule has 0 saturated heterocycles. The molecule has 0 aliphatic carbocycles. The molecule has 0 radical (unpaired) electrons. The van der Waals surface area contributed by atoms with Crippen LogP contribution in [0.3, 0.4) is 0 Å². The van der Waals surface area contributed by atoms with E-state index in [-0.39, 0.29) is 0 Å². The highest BCUT2D eigenvalue weighted by Gasteiger charge is 2.16. The van der Waals surface area contributed by atoms with Crippen molar-refractivity contribution in [3.05, 3.63) is 82.9 Å². The average Bonchev–Trinajstić information content (AvgIpc) is 3.27. The van der Waals surface area contributed by atoms with E-state index in [4.69, 9.17) is 14.9 Å². The second-order valence-corrected chi connectivity index (χ2v) is 6.89. The van der Waals surface area contributed by atoms with Crippen molar-refractivity contribution >= 4 is 0 Å². The number of hydrogen-bond donors (Lipinski definition) is 0. The Morgan fingerprint density at radius 1 is 1.00 bits per heavy atom. The zero-order valence-corrected chi connectivity index (χ0v) is 16.1. The summed E-state index contributed by atoms with van der Waals surface area (Å²) in [5.41, 5.74) is 7.68. The van der Waals surface area contributed by atoms with Gasteiger partial charge in [0.05, 0.1) is 17.3 Å². The normalized spacial score (nSPS) is 10.8. The van der Waals surface area contributed by atoms with Crippen LogP contribution in [-0.4, -0.2) is 14.9 Å². The van der Waals surface area contributed by atoms with Gasteiger partial charge in [0, 0.05) is 22.9 Å². The Morgan fingerprint density at radius 2 is 1.79 bits per heavy atom. The lowest BCUT2D eigenvalue weighted by molar-refractivity contribution is 0.372. The predicted octanol–water partition coefficient (Wildman–Crippen LogP) is 5.05. The third-order valence-electron chi connectivity index (χ3n) is 4.95. The maximum Gasteiger partial charge on any atom is 0.158 e. The van der Waals surface area contributed by atoms with Crippen LogP contribution in [0, 0.1) is 32.1 Å². The Bertz CT molecular complexity index is 1180. The Balaban J connectivity index is 1.64. The molecule has 0 atom stereocenters. The van der Waals surface area contributed by atoms with Crippen molar-refractivity contribution in [2.45, 2.75) is 27.3 Å². The predicted molar refractivity (Wildman–Crippen MR) is 108 cm³/mol. The van der Waals surface area contributed by atoms with Crippen LogP contribution >= 0.6 is 0 Å². The lowest BCUT2D eigenvalue weighted by atomic mass is 9.99. The molecule has 5 heteroatoms. The molecule has 0 spiro atoms. The highest BCUT2D eigenvalue weighted by molar-refractivity contribution is 5.70. The maximum absolute atomic E-state index is 9.16. The standard InChI is InChI=1S/C23H20N4O/c1-15-11-19(9-10-20(15)13-24)23-16(2)25-27(17(23)3)14-21-12-22(26-28-21)18-7-5-4-6-8-18/h4-12H,14H2,1-3H3. The van der Waals surface area contributed by atoms with E-state index in [2.05, 4.69) is 18.1 Å². The summed E-state index contributed by atoms with van der Waals surface area (Å²) in [6.45, 7) is 6.53. The largest absolute Gasteiger partial charge is 0.359 e. The van der Waals surface area contributed by atoms with E-state index >= 15 is 0 Å². The highest BCUT2D eigenvalue weighted by atomic mass is 16.5. The van der Waals surface area contributed by atoms with E-state index < -0.39 is 0 Å². The van der Waals surface area contributed by atoms with Crippen LogP contribution in [0.15, 0.2) is 59.1 Å². The molecule has 0 aliphatic heterocycles. The fourth-order valence-electron chi connectivity index (χ4n) is 3.49. The number of hydrogen-bond acceptors (Lipinski definition) is 4. The summed E-state index contributed by atoms with van der Waals surface area (Å²) < 4.78 is 7.47. The van der Waals surface area contributed by atoms with Gasteiger partial charge in [0.2, 0.25) is 0 Å². The summed E-state index contributed by atoms with van der Waals surface area (Å²) in [6, 6.07) is 20.0. The second-order valence-electron chi connectivity index (χ2n) is 6.89. The first kappa shape index (κ1) is 17.7. The van der Waals surface area contributed by atoms with Crippen LogP contribution in [0.2, 0.25) is 0 Å². The molecule has 0 aliphatic rings. The summed E-state index contributed by atoms with van der Waals surface area (Å²) in [4.78, 5) is 0. The number of benzene rings is 2. The Labute approximate surface area is 163 Å². The first-order valence-electron chi connectivity index (χ1n) is 9.13. The van der Waals surface area contributed by atoms with Gasteiger partial charge in [-0.05, 0) is 44.0 Å². The molecule has 5 nitrogen and oxygen atoms in total. The fraction of sp³-hybridized carbons (Fsp3) is 0.174. The minimum absolute atomic E-state index is 0.516. The van der Waals surface area contributed by atoms with E-state index in [9.17, 15) is 0 Å². The zero-order valence-electron chi connectivity index (χ0n) is 16.1. The molecule has 2 aromatic heterocycles. The van der Waals surface area contributed by atoms with Gasteiger partial charge in [-0.25, -0.2) is 0 Å². The Hall–Kier alpha value is -3.65. The molecule has 0 amide bonds. The van der Waals surface area contributed by atoms with Crippen molar-refractivity contribution in [2.75, 3.05) is 0 Å². The molecule has 0 unspecified atom stereocenters. The molecule has 0 N–H and O–H groups in total. The molecular formula is C23H20N4O. The van der Waals surface area contributed by atoms with Crippen LogP contribution in [0.25, 0.3) is 22.4 Å². The van der Waals surface area contributed by atoms with E-state index in [1.165, 1.54) is 0 Å². The number of rotatable bonds is 4. The van der Waals surface area contributed by atoms with E-state index in [0.717, 1.165) is 45.1 Å². The van der Waals surface area contributed by atoms with E-state index in [0.29, 0.717) is 12.1 Å². The molecular weight excluding hydrogens is 348 g/mol. The Kier molecular flexibility index (Phi) is 4.54. The molecule has 2 heterocycles. The first-order chi connectivity index (χ1) is 13.6. The molecule has 2 aromatic carbocycles. The van der Waals surface area contributed by atoms with Gasteiger partial charge in [0.1, 0.15) is 12.2 Å². The number of aryl methyl sites for hydroxylation is 2. The monoisotopic (exact) mass is 368 g/mol. The first-order valence-corrected chi connectivity index (χ1v) is 9.13. The van der Waals surface area contributed by atoms with Gasteiger partial charge in [-0.1, -0.05) is 41.6 Å². The van der Waals surface area contributed by atoms with Crippen molar-refractivity contribution in [1.82, 2.24) is 14.9 Å². The third kappa shape index (κ3) is 3.21. The van der Waals surface area contributed by atoms with Gasteiger partial charge < -0.3 is 4.52 Å². The van der Waals surface area contributed by atoms with Crippen LogP contribution in [0.4, 0.5) is 0 Å². The fourth-order valence-corrected chi connectivity index (χ4v) is 3.49. The van der Waals surface area contributed by atoms with Gasteiger partial charge in [0.15, 0.2) is 5.76 Å². The quantitative estimate of drug-likeness (QED) is 0.505. The van der Waals surface area contributed by atoms with Crippen molar-refractivity contribution < 1.29 is 4.52 Å². The Morgan fingerprint density at radius 3 is 2.50 bits per heavy atom. The average molecular weight is 368 g/mol. The molecule has 0 fully saturated rings. The summed E-state index contributed by atoms with van der Waals surface area (Å²) in [5.74, 6) is 0.756. The van der Waals surface area contributed by atoms with Crippen molar-refractivity contribution in [3.8, 4) is 28.5 Å². The van der Waals surface area contributed by atoms with Gasteiger partial charge in [-0.3, -0.25) is 4.68 Å². The molecule has 4 aromatic rings. The van der Waals surface area contributed by atoms with Gasteiger partial charge in [-0.2, -0.15) is 10.4 Å². The van der Waals surface area contributed by atoms with Crippen molar-refractivity contribution in [2.24, 2.45) is 0 Å². The zero-order chi connectivity index (χ0) is 19.7. The molecule has 4 rings (SSSR count). The maximum atomic E-state index is 9.16. The SMILES string of the molecule is Cc1cc(-c2c(C)nn(Cc3cc(-c4ccccc4)no3)c2C)ccc1C#N. The lowest BCUT2D eigenvalue weighted by Gasteiger charge is -2.06. The molecule has 0 saturated carbocycles. The van der Waals surface area contributed by atoms with Gasteiger partial charge in [0.25, 0.3) is 0 Å².